The van der Waals surface area contributed by atoms with Gasteiger partial charge in [-0.25, -0.2) is 8.42 Å². The maximum atomic E-state index is 12.2. The summed E-state index contributed by atoms with van der Waals surface area (Å²) in [7, 11) is -1.93. The number of sulfonamides is 1. The molecule has 1 saturated heterocycles. The Labute approximate surface area is 161 Å². The van der Waals surface area contributed by atoms with E-state index < -0.39 is 21.8 Å². The minimum Gasteiger partial charge on any atom is -0.495 e. The van der Waals surface area contributed by atoms with Gasteiger partial charge in [0.05, 0.1) is 30.8 Å². The van der Waals surface area contributed by atoms with Crippen LogP contribution in [0.2, 0.25) is 0 Å². The van der Waals surface area contributed by atoms with Crippen LogP contribution in [0.3, 0.4) is 0 Å². The van der Waals surface area contributed by atoms with Crippen LogP contribution in [-0.4, -0.2) is 39.6 Å². The number of hydrogen-bond acceptors (Lipinski definition) is 6. The van der Waals surface area contributed by atoms with Crippen molar-refractivity contribution in [3.63, 3.8) is 0 Å². The number of carbonyl (C=O) groups excluding carboxylic acids is 2. The molecule has 0 radical (unpaired) electrons. The third-order valence-electron chi connectivity index (χ3n) is 4.03. The van der Waals surface area contributed by atoms with Crippen LogP contribution >= 0.6 is 11.3 Å². The number of methoxy groups -OCH3 is 1. The van der Waals surface area contributed by atoms with E-state index in [4.69, 9.17) is 4.74 Å². The topological polar surface area (TPSA) is 105 Å². The molecule has 2 heterocycles. The molecule has 144 valence electrons. The molecule has 1 aliphatic heterocycles. The Hall–Kier alpha value is -2.59. The lowest BCUT2D eigenvalue weighted by atomic mass is 10.2. The summed E-state index contributed by atoms with van der Waals surface area (Å²) in [5, 5.41) is 6.91. The Bertz CT molecular complexity index is 941. The van der Waals surface area contributed by atoms with E-state index in [0.29, 0.717) is 24.4 Å². The van der Waals surface area contributed by atoms with E-state index in [0.717, 1.165) is 4.88 Å². The highest BCUT2D eigenvalue weighted by Gasteiger charge is 2.29. The van der Waals surface area contributed by atoms with E-state index >= 15 is 0 Å². The first-order valence-electron chi connectivity index (χ1n) is 8.21. The molecule has 0 unspecified atom stereocenters. The molecular formula is C17H19N3O5S2. The zero-order valence-corrected chi connectivity index (χ0v) is 16.2. The second-order valence-corrected chi connectivity index (χ2v) is 8.89. The van der Waals surface area contributed by atoms with Crippen molar-refractivity contribution >= 4 is 44.5 Å². The first-order valence-corrected chi connectivity index (χ1v) is 10.7. The van der Waals surface area contributed by atoms with Gasteiger partial charge >= 0.3 is 11.8 Å². The molecule has 3 rings (SSSR count). The summed E-state index contributed by atoms with van der Waals surface area (Å²) in [6.45, 7) is 0.635. The molecule has 1 aromatic heterocycles. The monoisotopic (exact) mass is 409 g/mol. The lowest BCUT2D eigenvalue weighted by Crippen LogP contribution is -2.35. The Morgan fingerprint density at radius 2 is 2.07 bits per heavy atom. The highest BCUT2D eigenvalue weighted by Crippen LogP contribution is 2.32. The van der Waals surface area contributed by atoms with Crippen LogP contribution in [0.15, 0.2) is 35.7 Å². The van der Waals surface area contributed by atoms with Gasteiger partial charge in [-0.1, -0.05) is 6.07 Å². The number of anilines is 2. The first-order chi connectivity index (χ1) is 12.9. The van der Waals surface area contributed by atoms with Crippen LogP contribution in [0.1, 0.15) is 11.3 Å². The number of amides is 2. The SMILES string of the molecule is COc1ccc(N2CCCS2(=O)=O)cc1NC(=O)C(=O)NCc1cccs1. The van der Waals surface area contributed by atoms with E-state index in [9.17, 15) is 18.0 Å². The molecule has 0 bridgehead atoms. The van der Waals surface area contributed by atoms with Crippen molar-refractivity contribution in [2.24, 2.45) is 0 Å². The fourth-order valence-corrected chi connectivity index (χ4v) is 4.92. The second kappa shape index (κ2) is 7.97. The van der Waals surface area contributed by atoms with Crippen molar-refractivity contribution in [1.29, 1.82) is 0 Å². The van der Waals surface area contributed by atoms with Gasteiger partial charge in [-0.3, -0.25) is 13.9 Å². The molecule has 2 aromatic rings. The quantitative estimate of drug-likeness (QED) is 0.729. The molecule has 0 saturated carbocycles. The van der Waals surface area contributed by atoms with E-state index in [2.05, 4.69) is 10.6 Å². The number of hydrogen-bond donors (Lipinski definition) is 2. The second-order valence-electron chi connectivity index (χ2n) is 5.84. The molecule has 8 nitrogen and oxygen atoms in total. The van der Waals surface area contributed by atoms with Gasteiger partial charge in [0, 0.05) is 11.4 Å². The Kier molecular flexibility index (Phi) is 5.66. The molecule has 0 atom stereocenters. The average Bonchev–Trinajstić information content (AvgIpc) is 3.28. The molecule has 10 heteroatoms. The maximum absolute atomic E-state index is 12.2. The number of thiophene rings is 1. The van der Waals surface area contributed by atoms with Crippen molar-refractivity contribution in [3.8, 4) is 5.75 Å². The summed E-state index contributed by atoms with van der Waals surface area (Å²) < 4.78 is 30.7. The minimum atomic E-state index is -3.35. The summed E-state index contributed by atoms with van der Waals surface area (Å²) in [5.41, 5.74) is 0.649. The van der Waals surface area contributed by atoms with Gasteiger partial charge in [-0.15, -0.1) is 11.3 Å². The van der Waals surface area contributed by atoms with Crippen molar-refractivity contribution in [1.82, 2.24) is 5.32 Å². The number of ether oxygens (including phenoxy) is 1. The number of nitrogens with zero attached hydrogens (tertiary/aromatic N) is 1. The zero-order valence-electron chi connectivity index (χ0n) is 14.6. The lowest BCUT2D eigenvalue weighted by Gasteiger charge is -2.19. The number of nitrogens with one attached hydrogen (secondary N) is 2. The van der Waals surface area contributed by atoms with E-state index in [-0.39, 0.29) is 18.0 Å². The predicted octanol–water partition coefficient (Wildman–Crippen LogP) is 1.55. The molecule has 2 N–H and O–H groups in total. The highest BCUT2D eigenvalue weighted by molar-refractivity contribution is 7.93. The van der Waals surface area contributed by atoms with E-state index in [1.165, 1.54) is 28.8 Å². The first kappa shape index (κ1) is 19.2. The van der Waals surface area contributed by atoms with Gasteiger partial charge in [-0.05, 0) is 36.1 Å². The molecule has 0 spiro atoms. The van der Waals surface area contributed by atoms with Crippen LogP contribution in [0.25, 0.3) is 0 Å². The summed E-state index contributed by atoms with van der Waals surface area (Å²) in [5.74, 6) is -1.23. The Morgan fingerprint density at radius 1 is 1.26 bits per heavy atom. The fourth-order valence-electron chi connectivity index (χ4n) is 2.72. The summed E-state index contributed by atoms with van der Waals surface area (Å²) >= 11 is 1.47. The number of benzene rings is 1. The van der Waals surface area contributed by atoms with E-state index in [1.807, 2.05) is 17.5 Å². The molecule has 1 aliphatic rings. The molecule has 27 heavy (non-hydrogen) atoms. The summed E-state index contributed by atoms with van der Waals surface area (Å²) in [6, 6.07) is 8.36. The van der Waals surface area contributed by atoms with Crippen LogP contribution in [0, 0.1) is 0 Å². The molecular weight excluding hydrogens is 390 g/mol. The molecule has 2 amide bonds. The van der Waals surface area contributed by atoms with E-state index in [1.54, 1.807) is 12.1 Å². The van der Waals surface area contributed by atoms with Crippen molar-refractivity contribution in [2.75, 3.05) is 29.0 Å². The maximum Gasteiger partial charge on any atom is 0.313 e. The largest absolute Gasteiger partial charge is 0.495 e. The van der Waals surface area contributed by atoms with Gasteiger partial charge in [0.15, 0.2) is 0 Å². The molecule has 0 aliphatic carbocycles. The smallest absolute Gasteiger partial charge is 0.313 e. The standard InChI is InChI=1S/C17H19N3O5S2/c1-25-15-6-5-12(20-7-3-9-27(20,23)24)10-14(15)19-17(22)16(21)18-11-13-4-2-8-26-13/h2,4-6,8,10H,3,7,9,11H2,1H3,(H,18,21)(H,19,22). The van der Waals surface area contributed by atoms with Gasteiger partial charge < -0.3 is 15.4 Å². The Balaban J connectivity index is 1.73. The average molecular weight is 409 g/mol. The van der Waals surface area contributed by atoms with Crippen molar-refractivity contribution in [2.45, 2.75) is 13.0 Å². The van der Waals surface area contributed by atoms with Crippen molar-refractivity contribution < 1.29 is 22.7 Å². The summed E-state index contributed by atoms with van der Waals surface area (Å²) in [4.78, 5) is 25.1. The predicted molar refractivity (Wildman–Crippen MR) is 104 cm³/mol. The Morgan fingerprint density at radius 3 is 2.70 bits per heavy atom. The van der Waals surface area contributed by atoms with Crippen LogP contribution in [-0.2, 0) is 26.2 Å². The zero-order chi connectivity index (χ0) is 19.4. The lowest BCUT2D eigenvalue weighted by molar-refractivity contribution is -0.136. The van der Waals surface area contributed by atoms with Crippen molar-refractivity contribution in [3.05, 3.63) is 40.6 Å². The number of rotatable bonds is 5. The van der Waals surface area contributed by atoms with Crippen LogP contribution in [0.4, 0.5) is 11.4 Å². The van der Waals surface area contributed by atoms with Crippen LogP contribution in [0.5, 0.6) is 5.75 Å². The third-order valence-corrected chi connectivity index (χ3v) is 6.77. The normalized spacial score (nSPS) is 15.4. The minimum absolute atomic E-state index is 0.0891. The third kappa shape index (κ3) is 4.40. The number of carbonyl (C=O) groups is 2. The molecule has 1 fully saturated rings. The molecule has 1 aromatic carbocycles. The fraction of sp³-hybridized carbons (Fsp3) is 0.294. The van der Waals surface area contributed by atoms with Gasteiger partial charge in [0.25, 0.3) is 0 Å². The van der Waals surface area contributed by atoms with Gasteiger partial charge in [0.1, 0.15) is 5.75 Å². The van der Waals surface area contributed by atoms with Gasteiger partial charge in [0.2, 0.25) is 10.0 Å². The van der Waals surface area contributed by atoms with Crippen LogP contribution < -0.4 is 19.7 Å². The summed E-state index contributed by atoms with van der Waals surface area (Å²) in [6.07, 6.45) is 0.543. The highest BCUT2D eigenvalue weighted by atomic mass is 32.2. The van der Waals surface area contributed by atoms with Gasteiger partial charge in [-0.2, -0.15) is 0 Å².